The molecule has 0 aliphatic rings. The fraction of sp³-hybridized carbons (Fsp3) is 0.111. The van der Waals surface area contributed by atoms with Crippen LogP contribution in [0.4, 0.5) is 22.0 Å². The second-order valence-corrected chi connectivity index (χ2v) is 2.89. The smallest absolute Gasteiger partial charge is 0.454 e. The molecule has 0 amide bonds. The number of nitrogens with zero attached hydrogens (tertiary/aromatic N) is 1. The molecule has 92 valence electrons. The van der Waals surface area contributed by atoms with E-state index in [4.69, 9.17) is 5.11 Å². The van der Waals surface area contributed by atoms with E-state index in [1.54, 1.807) is 0 Å². The van der Waals surface area contributed by atoms with E-state index in [1.165, 1.54) is 0 Å². The van der Waals surface area contributed by atoms with E-state index in [0.717, 1.165) is 0 Å². The quantitative estimate of drug-likeness (QED) is 0.381. The standard InChI is InChI=1S/C9H4F5NO2/c10-7-1-4(2-8(11)15-7)5(16)3-6(17)9(12,13)14/h1-3,16H/b5-3-. The summed E-state index contributed by atoms with van der Waals surface area (Å²) in [7, 11) is 0. The van der Waals surface area contributed by atoms with Gasteiger partial charge in [-0.15, -0.1) is 0 Å². The van der Waals surface area contributed by atoms with Crippen LogP contribution in [0.3, 0.4) is 0 Å². The second kappa shape index (κ2) is 4.48. The van der Waals surface area contributed by atoms with Gasteiger partial charge >= 0.3 is 6.18 Å². The summed E-state index contributed by atoms with van der Waals surface area (Å²) >= 11 is 0. The third kappa shape index (κ3) is 3.51. The maximum Gasteiger partial charge on any atom is 0.454 e. The van der Waals surface area contributed by atoms with Gasteiger partial charge in [0.1, 0.15) is 5.76 Å². The fourth-order valence-electron chi connectivity index (χ4n) is 0.902. The fourth-order valence-corrected chi connectivity index (χ4v) is 0.902. The van der Waals surface area contributed by atoms with E-state index in [1.807, 2.05) is 0 Å². The maximum atomic E-state index is 12.6. The van der Waals surface area contributed by atoms with E-state index in [2.05, 4.69) is 4.98 Å². The molecule has 0 aliphatic carbocycles. The normalized spacial score (nSPS) is 12.6. The highest BCUT2D eigenvalue weighted by molar-refractivity contribution is 5.99. The van der Waals surface area contributed by atoms with Crippen LogP contribution in [-0.2, 0) is 4.79 Å². The lowest BCUT2D eigenvalue weighted by Gasteiger charge is -2.03. The van der Waals surface area contributed by atoms with Gasteiger partial charge in [-0.1, -0.05) is 0 Å². The largest absolute Gasteiger partial charge is 0.507 e. The van der Waals surface area contributed by atoms with Crippen LogP contribution in [0.15, 0.2) is 18.2 Å². The van der Waals surface area contributed by atoms with E-state index in [9.17, 15) is 26.7 Å². The van der Waals surface area contributed by atoms with Crippen molar-refractivity contribution in [3.8, 4) is 0 Å². The average Bonchev–Trinajstić information content (AvgIpc) is 2.14. The minimum absolute atomic E-state index is 0.172. The summed E-state index contributed by atoms with van der Waals surface area (Å²) in [6, 6.07) is 0.969. The Labute approximate surface area is 91.2 Å². The molecule has 1 heterocycles. The lowest BCUT2D eigenvalue weighted by atomic mass is 10.2. The van der Waals surface area contributed by atoms with Gasteiger partial charge in [-0.05, 0) is 0 Å². The number of pyridine rings is 1. The number of aliphatic hydroxyl groups is 1. The lowest BCUT2D eigenvalue weighted by Crippen LogP contribution is -2.20. The summed E-state index contributed by atoms with van der Waals surface area (Å²) in [4.78, 5) is 13.1. The van der Waals surface area contributed by atoms with Crippen molar-refractivity contribution < 1.29 is 31.9 Å². The molecule has 0 unspecified atom stereocenters. The Kier molecular flexibility index (Phi) is 3.45. The number of ketones is 1. The predicted molar refractivity (Wildman–Crippen MR) is 45.8 cm³/mol. The first-order valence-electron chi connectivity index (χ1n) is 4.05. The molecule has 0 aromatic carbocycles. The molecule has 3 nitrogen and oxygen atoms in total. The van der Waals surface area contributed by atoms with Gasteiger partial charge in [0.15, 0.2) is 0 Å². The first kappa shape index (κ1) is 13.1. The summed E-state index contributed by atoms with van der Waals surface area (Å²) in [5, 5.41) is 9.08. The highest BCUT2D eigenvalue weighted by Gasteiger charge is 2.37. The minimum Gasteiger partial charge on any atom is -0.507 e. The maximum absolute atomic E-state index is 12.6. The van der Waals surface area contributed by atoms with Gasteiger partial charge in [-0.2, -0.15) is 26.9 Å². The number of hydrogen-bond acceptors (Lipinski definition) is 3. The highest BCUT2D eigenvalue weighted by atomic mass is 19.4. The zero-order valence-electron chi connectivity index (χ0n) is 7.92. The molecular weight excluding hydrogens is 249 g/mol. The zero-order chi connectivity index (χ0) is 13.2. The molecule has 0 saturated carbocycles. The van der Waals surface area contributed by atoms with Crippen molar-refractivity contribution in [1.82, 2.24) is 4.98 Å². The van der Waals surface area contributed by atoms with Crippen LogP contribution in [0, 0.1) is 11.9 Å². The molecule has 1 rings (SSSR count). The lowest BCUT2D eigenvalue weighted by molar-refractivity contribution is -0.165. The number of alkyl halides is 3. The number of carbonyl (C=O) groups is 1. The second-order valence-electron chi connectivity index (χ2n) is 2.89. The summed E-state index contributed by atoms with van der Waals surface area (Å²) in [5.41, 5.74) is -0.618. The van der Waals surface area contributed by atoms with Crippen LogP contribution < -0.4 is 0 Å². The number of hydrogen-bond donors (Lipinski definition) is 1. The van der Waals surface area contributed by atoms with Crippen LogP contribution in [-0.4, -0.2) is 22.1 Å². The third-order valence-corrected chi connectivity index (χ3v) is 1.61. The van der Waals surface area contributed by atoms with Gasteiger partial charge in [0.2, 0.25) is 11.9 Å². The van der Waals surface area contributed by atoms with Crippen molar-refractivity contribution in [3.05, 3.63) is 35.7 Å². The Bertz CT molecular complexity index is 461. The van der Waals surface area contributed by atoms with E-state index < -0.39 is 35.2 Å². The molecule has 1 aromatic heterocycles. The number of aliphatic hydroxyl groups excluding tert-OH is 1. The monoisotopic (exact) mass is 253 g/mol. The summed E-state index contributed by atoms with van der Waals surface area (Å²) < 4.78 is 60.6. The Balaban J connectivity index is 3.08. The molecule has 0 spiro atoms. The van der Waals surface area contributed by atoms with Crippen LogP contribution >= 0.6 is 0 Å². The highest BCUT2D eigenvalue weighted by Crippen LogP contribution is 2.20. The van der Waals surface area contributed by atoms with Crippen molar-refractivity contribution in [2.45, 2.75) is 6.18 Å². The predicted octanol–water partition coefficient (Wildman–Crippen LogP) is 2.39. The SMILES string of the molecule is O=C(/C=C(\O)c1cc(F)nc(F)c1)C(F)(F)F. The molecule has 8 heteroatoms. The Morgan fingerprint density at radius 2 is 1.71 bits per heavy atom. The van der Waals surface area contributed by atoms with Crippen molar-refractivity contribution >= 4 is 11.5 Å². The van der Waals surface area contributed by atoms with Crippen LogP contribution in [0.5, 0.6) is 0 Å². The molecule has 0 atom stereocenters. The Morgan fingerprint density at radius 3 is 2.12 bits per heavy atom. The topological polar surface area (TPSA) is 50.2 Å². The van der Waals surface area contributed by atoms with Crippen LogP contribution in [0.25, 0.3) is 5.76 Å². The van der Waals surface area contributed by atoms with Crippen molar-refractivity contribution in [2.75, 3.05) is 0 Å². The average molecular weight is 253 g/mol. The molecule has 1 N–H and O–H groups in total. The first-order valence-corrected chi connectivity index (χ1v) is 4.05. The van der Waals surface area contributed by atoms with Crippen LogP contribution in [0.2, 0.25) is 0 Å². The molecule has 0 aliphatic heterocycles. The number of rotatable bonds is 2. The van der Waals surface area contributed by atoms with Gasteiger partial charge in [-0.3, -0.25) is 4.79 Å². The number of carbonyl (C=O) groups excluding carboxylic acids is 1. The summed E-state index contributed by atoms with van der Waals surface area (Å²) in [5.74, 6) is -6.21. The summed E-state index contributed by atoms with van der Waals surface area (Å²) in [6.45, 7) is 0. The Morgan fingerprint density at radius 1 is 1.24 bits per heavy atom. The molecule has 0 fully saturated rings. The van der Waals surface area contributed by atoms with Crippen molar-refractivity contribution in [3.63, 3.8) is 0 Å². The number of halogens is 5. The molecule has 1 aromatic rings. The van der Waals surface area contributed by atoms with Gasteiger partial charge in [0.25, 0.3) is 5.78 Å². The zero-order valence-corrected chi connectivity index (χ0v) is 7.92. The van der Waals surface area contributed by atoms with Crippen molar-refractivity contribution in [2.24, 2.45) is 0 Å². The van der Waals surface area contributed by atoms with Gasteiger partial charge in [0.05, 0.1) is 0 Å². The molecular formula is C9H4F5NO2. The summed E-state index contributed by atoms with van der Waals surface area (Å²) in [6.07, 6.45) is -5.34. The first-order chi connectivity index (χ1) is 7.70. The van der Waals surface area contributed by atoms with Crippen molar-refractivity contribution in [1.29, 1.82) is 0 Å². The molecule has 17 heavy (non-hydrogen) atoms. The van der Waals surface area contributed by atoms with E-state index in [-0.39, 0.29) is 6.08 Å². The number of allylic oxidation sites excluding steroid dienone is 1. The number of aromatic nitrogens is 1. The van der Waals surface area contributed by atoms with E-state index in [0.29, 0.717) is 12.1 Å². The van der Waals surface area contributed by atoms with Gasteiger partial charge in [-0.25, -0.2) is 0 Å². The third-order valence-electron chi connectivity index (χ3n) is 1.61. The van der Waals surface area contributed by atoms with Gasteiger partial charge < -0.3 is 5.11 Å². The van der Waals surface area contributed by atoms with Crippen LogP contribution in [0.1, 0.15) is 5.56 Å². The molecule has 0 radical (unpaired) electrons. The van der Waals surface area contributed by atoms with E-state index >= 15 is 0 Å². The molecule has 0 bridgehead atoms. The Hall–Kier alpha value is -1.99. The molecule has 0 saturated heterocycles. The minimum atomic E-state index is -5.17. The van der Waals surface area contributed by atoms with Gasteiger partial charge in [0, 0.05) is 23.8 Å².